The molecule has 380 valence electrons. The van der Waals surface area contributed by atoms with Crippen LogP contribution in [0.1, 0.15) is 272 Å². The van der Waals surface area contributed by atoms with Gasteiger partial charge in [-0.05, 0) is 102 Å². The number of hydrogen-bond donors (Lipinski definition) is 0. The van der Waals surface area contributed by atoms with E-state index in [4.69, 9.17) is 9.47 Å². The average Bonchev–Trinajstić information content (AvgIpc) is 3.30. The van der Waals surface area contributed by atoms with Gasteiger partial charge in [-0.25, -0.2) is 0 Å². The molecule has 0 bridgehead atoms. The number of ether oxygens (including phenoxy) is 2. The van der Waals surface area contributed by atoms with E-state index in [2.05, 4.69) is 49.3 Å². The van der Waals surface area contributed by atoms with E-state index in [9.17, 15) is 9.59 Å². The predicted octanol–water partition coefficient (Wildman–Crippen LogP) is 15.8. The van der Waals surface area contributed by atoms with Gasteiger partial charge in [0.2, 0.25) is 0 Å². The van der Waals surface area contributed by atoms with Crippen LogP contribution in [0, 0.1) is 11.8 Å². The molecule has 0 unspecified atom stereocenters. The topological polar surface area (TPSA) is 62.3 Å². The number of nitrogens with zero attached hydrogens (tertiary/aromatic N) is 3. The van der Waals surface area contributed by atoms with Gasteiger partial charge in [0.1, 0.15) is 0 Å². The summed E-state index contributed by atoms with van der Waals surface area (Å²) in [5.41, 5.74) is 0. The van der Waals surface area contributed by atoms with Gasteiger partial charge < -0.3 is 14.4 Å². The zero-order chi connectivity index (χ0) is 46.4. The molecular formula is C57H113N3O4. The Morgan fingerprint density at radius 3 is 0.812 bits per heavy atom. The Kier molecular flexibility index (Phi) is 44.6. The first-order valence-electron chi connectivity index (χ1n) is 28.9. The van der Waals surface area contributed by atoms with Crippen molar-refractivity contribution in [1.82, 2.24) is 14.7 Å². The summed E-state index contributed by atoms with van der Waals surface area (Å²) in [6, 6.07) is 0. The highest BCUT2D eigenvalue weighted by atomic mass is 16.5. The number of rotatable bonds is 49. The highest BCUT2D eigenvalue weighted by Gasteiger charge is 2.24. The van der Waals surface area contributed by atoms with Gasteiger partial charge >= 0.3 is 11.9 Å². The highest BCUT2D eigenvalue weighted by Crippen LogP contribution is 2.29. The van der Waals surface area contributed by atoms with Crippen molar-refractivity contribution in [3.63, 3.8) is 0 Å². The average molecular weight is 905 g/mol. The van der Waals surface area contributed by atoms with Crippen LogP contribution in [-0.2, 0) is 19.1 Å². The van der Waals surface area contributed by atoms with E-state index in [1.165, 1.54) is 225 Å². The fourth-order valence-corrected chi connectivity index (χ4v) is 9.71. The van der Waals surface area contributed by atoms with E-state index in [0.29, 0.717) is 38.1 Å². The maximum Gasteiger partial charge on any atom is 0.320 e. The van der Waals surface area contributed by atoms with Crippen LogP contribution in [0.2, 0.25) is 0 Å². The van der Waals surface area contributed by atoms with Gasteiger partial charge in [0, 0.05) is 13.1 Å². The standard InChI is InChI=1S/C57H113N3O4/c1-6-11-16-21-25-30-35-44-58(43-34-29-20-15-10-5)48-49-60(47-38-33-28-24-19-14-9-4)51-57(62)64-53-55-41-39-54(40-42-55)52-63-56(61)50-59(45-36-31-26-22-17-12-7-2)46-37-32-27-23-18-13-8-3/h54-55H,6-53H2,1-5H3. The van der Waals surface area contributed by atoms with Gasteiger partial charge in [0.05, 0.1) is 26.3 Å². The summed E-state index contributed by atoms with van der Waals surface area (Å²) in [4.78, 5) is 34.0. The van der Waals surface area contributed by atoms with Gasteiger partial charge in [0.25, 0.3) is 0 Å². The van der Waals surface area contributed by atoms with Gasteiger partial charge in [0.15, 0.2) is 0 Å². The molecule has 0 aromatic heterocycles. The van der Waals surface area contributed by atoms with Crippen LogP contribution in [0.3, 0.4) is 0 Å². The fraction of sp³-hybridized carbons (Fsp3) is 0.965. The highest BCUT2D eigenvalue weighted by molar-refractivity contribution is 5.72. The molecule has 0 spiro atoms. The SMILES string of the molecule is CCCCCCCCCN(CCCCCCC)CCN(CCCCCCCCC)CC(=O)OCC1CCC(COC(=O)CN(CCCCCCCCC)CCCCCCCCC)CC1. The lowest BCUT2D eigenvalue weighted by atomic mass is 9.83. The minimum atomic E-state index is -0.0465. The summed E-state index contributed by atoms with van der Waals surface area (Å²) in [5.74, 6) is 0.742. The lowest BCUT2D eigenvalue weighted by Gasteiger charge is -2.29. The molecule has 0 atom stereocenters. The normalized spacial score (nSPS) is 15.5. The van der Waals surface area contributed by atoms with Crippen LogP contribution < -0.4 is 0 Å². The molecule has 1 aliphatic carbocycles. The van der Waals surface area contributed by atoms with Crippen LogP contribution in [0.25, 0.3) is 0 Å². The molecule has 7 nitrogen and oxygen atoms in total. The quantitative estimate of drug-likeness (QED) is 0.0445. The summed E-state index contributed by atoms with van der Waals surface area (Å²) < 4.78 is 12.0. The Morgan fingerprint density at radius 2 is 0.531 bits per heavy atom. The van der Waals surface area contributed by atoms with E-state index in [1.54, 1.807) is 0 Å². The van der Waals surface area contributed by atoms with E-state index in [0.717, 1.165) is 58.4 Å². The summed E-state index contributed by atoms with van der Waals surface area (Å²) in [6.45, 7) is 20.8. The van der Waals surface area contributed by atoms with Crippen molar-refractivity contribution in [3.05, 3.63) is 0 Å². The molecule has 1 aliphatic rings. The van der Waals surface area contributed by atoms with E-state index >= 15 is 0 Å². The van der Waals surface area contributed by atoms with Gasteiger partial charge in [-0.2, -0.15) is 0 Å². The minimum Gasteiger partial charge on any atom is -0.464 e. The van der Waals surface area contributed by atoms with Crippen molar-refractivity contribution in [3.8, 4) is 0 Å². The molecule has 1 saturated carbocycles. The maximum atomic E-state index is 13.4. The van der Waals surface area contributed by atoms with Gasteiger partial charge in [-0.3, -0.25) is 19.4 Å². The van der Waals surface area contributed by atoms with Gasteiger partial charge in [-0.15, -0.1) is 0 Å². The second-order valence-electron chi connectivity index (χ2n) is 20.5. The Bertz CT molecular complexity index is 970. The fourth-order valence-electron chi connectivity index (χ4n) is 9.71. The minimum absolute atomic E-state index is 0.0455. The first kappa shape index (κ1) is 60.8. The molecule has 1 rings (SSSR count). The molecule has 0 aromatic rings. The second kappa shape index (κ2) is 46.9. The molecule has 0 saturated heterocycles. The number of carbonyl (C=O) groups is 2. The molecule has 64 heavy (non-hydrogen) atoms. The van der Waals surface area contributed by atoms with Crippen molar-refractivity contribution in [1.29, 1.82) is 0 Å². The van der Waals surface area contributed by atoms with Gasteiger partial charge in [-0.1, -0.05) is 214 Å². The third-order valence-electron chi connectivity index (χ3n) is 14.3. The number of carbonyl (C=O) groups excluding carboxylic acids is 2. The Labute approximate surface area is 400 Å². The summed E-state index contributed by atoms with van der Waals surface area (Å²) >= 11 is 0. The lowest BCUT2D eigenvalue weighted by Crippen LogP contribution is -2.40. The zero-order valence-electron chi connectivity index (χ0n) is 44.1. The van der Waals surface area contributed by atoms with Crippen LogP contribution in [0.15, 0.2) is 0 Å². The second-order valence-corrected chi connectivity index (χ2v) is 20.5. The van der Waals surface area contributed by atoms with Crippen molar-refractivity contribution < 1.29 is 19.1 Å². The van der Waals surface area contributed by atoms with E-state index < -0.39 is 0 Å². The van der Waals surface area contributed by atoms with E-state index in [1.807, 2.05) is 0 Å². The van der Waals surface area contributed by atoms with E-state index in [-0.39, 0.29) is 11.9 Å². The first-order valence-corrected chi connectivity index (χ1v) is 28.9. The Morgan fingerprint density at radius 1 is 0.312 bits per heavy atom. The molecular weight excluding hydrogens is 791 g/mol. The molecule has 7 heteroatoms. The van der Waals surface area contributed by atoms with Crippen LogP contribution >= 0.6 is 0 Å². The number of hydrogen-bond acceptors (Lipinski definition) is 7. The molecule has 0 N–H and O–H groups in total. The Balaban J connectivity index is 2.58. The van der Waals surface area contributed by atoms with Crippen molar-refractivity contribution in [2.75, 3.05) is 72.1 Å². The van der Waals surface area contributed by atoms with Crippen molar-refractivity contribution >= 4 is 11.9 Å². The third kappa shape index (κ3) is 38.9. The molecule has 0 aromatic carbocycles. The summed E-state index contributed by atoms with van der Waals surface area (Å²) in [7, 11) is 0. The van der Waals surface area contributed by atoms with Crippen LogP contribution in [0.5, 0.6) is 0 Å². The number of esters is 2. The largest absolute Gasteiger partial charge is 0.464 e. The molecule has 1 fully saturated rings. The molecule has 0 amide bonds. The summed E-state index contributed by atoms with van der Waals surface area (Å²) in [6.07, 6.45) is 47.5. The summed E-state index contributed by atoms with van der Waals surface area (Å²) in [5, 5.41) is 0. The molecule has 0 aliphatic heterocycles. The van der Waals surface area contributed by atoms with Crippen LogP contribution in [0.4, 0.5) is 0 Å². The maximum absolute atomic E-state index is 13.4. The molecule has 0 heterocycles. The Hall–Kier alpha value is -1.18. The lowest BCUT2D eigenvalue weighted by molar-refractivity contribution is -0.149. The van der Waals surface area contributed by atoms with Crippen molar-refractivity contribution in [2.24, 2.45) is 11.8 Å². The predicted molar refractivity (Wildman–Crippen MR) is 277 cm³/mol. The zero-order valence-corrected chi connectivity index (χ0v) is 44.1. The first-order chi connectivity index (χ1) is 31.4. The third-order valence-corrected chi connectivity index (χ3v) is 14.3. The molecule has 0 radical (unpaired) electrons. The number of unbranched alkanes of at least 4 members (excludes halogenated alkanes) is 28. The smallest absolute Gasteiger partial charge is 0.320 e. The monoisotopic (exact) mass is 904 g/mol. The van der Waals surface area contributed by atoms with Crippen molar-refractivity contribution in [2.45, 2.75) is 272 Å². The van der Waals surface area contributed by atoms with Crippen LogP contribution in [-0.4, -0.2) is 98.8 Å².